The Morgan fingerprint density at radius 2 is 1.56 bits per heavy atom. The van der Waals surface area contributed by atoms with Crippen molar-refractivity contribution in [3.05, 3.63) is 95.4 Å². The van der Waals surface area contributed by atoms with Crippen LogP contribution in [0.2, 0.25) is 0 Å². The average Bonchev–Trinajstić information content (AvgIpc) is 3.18. The maximum Gasteiger partial charge on any atom is 0.408 e. The third kappa shape index (κ3) is 5.22. The minimum atomic E-state index is -1.16. The minimum Gasteiger partial charge on any atom is -0.475 e. The molecule has 0 radical (unpaired) electrons. The molecule has 138 valence electrons. The molecular weight excluding hydrogens is 346 g/mol. The Labute approximate surface area is 156 Å². The molecule has 0 aliphatic heterocycles. The van der Waals surface area contributed by atoms with Crippen molar-refractivity contribution in [3.8, 4) is 0 Å². The summed E-state index contributed by atoms with van der Waals surface area (Å²) in [7, 11) is 0. The Morgan fingerprint density at radius 1 is 0.926 bits per heavy atom. The molecule has 0 bridgehead atoms. The van der Waals surface area contributed by atoms with Gasteiger partial charge in [0, 0.05) is 6.42 Å². The summed E-state index contributed by atoms with van der Waals surface area (Å²) in [5.41, 5.74) is 1.84. The van der Waals surface area contributed by atoms with E-state index in [4.69, 9.17) is 14.3 Å². The first-order valence-electron chi connectivity index (χ1n) is 8.46. The molecule has 0 aliphatic carbocycles. The molecule has 1 atom stereocenters. The van der Waals surface area contributed by atoms with Crippen molar-refractivity contribution in [1.82, 2.24) is 5.32 Å². The minimum absolute atomic E-state index is 0.142. The Hall–Kier alpha value is -3.54. The first kappa shape index (κ1) is 18.3. The van der Waals surface area contributed by atoms with Gasteiger partial charge in [-0.25, -0.2) is 9.59 Å². The van der Waals surface area contributed by atoms with Gasteiger partial charge in [-0.05, 0) is 23.3 Å². The molecule has 1 heterocycles. The predicted molar refractivity (Wildman–Crippen MR) is 98.3 cm³/mol. The van der Waals surface area contributed by atoms with Crippen LogP contribution in [-0.2, 0) is 17.8 Å². The molecule has 6 nitrogen and oxygen atoms in total. The van der Waals surface area contributed by atoms with Gasteiger partial charge < -0.3 is 19.6 Å². The largest absolute Gasteiger partial charge is 0.475 e. The number of benzene rings is 2. The van der Waals surface area contributed by atoms with Crippen molar-refractivity contribution >= 4 is 12.1 Å². The second kappa shape index (κ2) is 8.71. The number of hydrogen-bond donors (Lipinski definition) is 2. The van der Waals surface area contributed by atoms with Gasteiger partial charge in [0.1, 0.15) is 12.4 Å². The van der Waals surface area contributed by atoms with Crippen molar-refractivity contribution in [2.24, 2.45) is 0 Å². The highest BCUT2D eigenvalue weighted by atomic mass is 16.5. The van der Waals surface area contributed by atoms with E-state index in [1.54, 1.807) is 6.07 Å². The van der Waals surface area contributed by atoms with Gasteiger partial charge in [-0.3, -0.25) is 0 Å². The number of carboxylic acid groups (broad SMARTS) is 1. The van der Waals surface area contributed by atoms with Gasteiger partial charge in [0.05, 0.1) is 6.04 Å². The topological polar surface area (TPSA) is 88.8 Å². The van der Waals surface area contributed by atoms with Crippen molar-refractivity contribution in [1.29, 1.82) is 0 Å². The Bertz CT molecular complexity index is 889. The number of ether oxygens (including phenoxy) is 1. The summed E-state index contributed by atoms with van der Waals surface area (Å²) in [6.45, 7) is 0.142. The first-order valence-corrected chi connectivity index (χ1v) is 8.46. The number of carboxylic acids is 1. The summed E-state index contributed by atoms with van der Waals surface area (Å²) >= 11 is 0. The summed E-state index contributed by atoms with van der Waals surface area (Å²) in [6, 6.07) is 21.2. The number of rotatable bonds is 7. The van der Waals surface area contributed by atoms with Gasteiger partial charge in [-0.15, -0.1) is 0 Å². The molecule has 0 unspecified atom stereocenters. The quantitative estimate of drug-likeness (QED) is 0.655. The Kier molecular flexibility index (Phi) is 5.89. The zero-order valence-electron chi connectivity index (χ0n) is 14.5. The van der Waals surface area contributed by atoms with Crippen LogP contribution in [0.1, 0.15) is 33.5 Å². The molecule has 0 aliphatic rings. The zero-order chi connectivity index (χ0) is 19.1. The van der Waals surface area contributed by atoms with E-state index in [1.165, 1.54) is 6.07 Å². The van der Waals surface area contributed by atoms with Crippen molar-refractivity contribution < 1.29 is 23.8 Å². The fourth-order valence-corrected chi connectivity index (χ4v) is 2.63. The molecule has 0 fully saturated rings. The zero-order valence-corrected chi connectivity index (χ0v) is 14.5. The smallest absolute Gasteiger partial charge is 0.408 e. The van der Waals surface area contributed by atoms with Gasteiger partial charge in [-0.1, -0.05) is 60.7 Å². The lowest BCUT2D eigenvalue weighted by Gasteiger charge is -2.17. The number of carbonyl (C=O) groups is 2. The second-order valence-electron chi connectivity index (χ2n) is 5.96. The summed E-state index contributed by atoms with van der Waals surface area (Å²) < 4.78 is 10.6. The molecule has 0 saturated carbocycles. The molecule has 1 aromatic heterocycles. The van der Waals surface area contributed by atoms with E-state index in [2.05, 4.69) is 5.32 Å². The highest BCUT2D eigenvalue weighted by Gasteiger charge is 2.21. The van der Waals surface area contributed by atoms with E-state index < -0.39 is 18.1 Å². The number of hydrogen-bond acceptors (Lipinski definition) is 4. The van der Waals surface area contributed by atoms with Crippen LogP contribution in [0.25, 0.3) is 0 Å². The van der Waals surface area contributed by atoms with E-state index in [0.29, 0.717) is 12.2 Å². The summed E-state index contributed by atoms with van der Waals surface area (Å²) in [5, 5.41) is 11.8. The number of aromatic carboxylic acids is 1. The molecule has 0 saturated heterocycles. The van der Waals surface area contributed by atoms with Gasteiger partial charge in [0.15, 0.2) is 0 Å². The maximum absolute atomic E-state index is 12.2. The normalized spacial score (nSPS) is 11.6. The van der Waals surface area contributed by atoms with Crippen LogP contribution in [-0.4, -0.2) is 17.2 Å². The monoisotopic (exact) mass is 365 g/mol. The third-order valence-corrected chi connectivity index (χ3v) is 3.97. The molecule has 2 aromatic carbocycles. The Morgan fingerprint density at radius 3 is 2.15 bits per heavy atom. The summed E-state index contributed by atoms with van der Waals surface area (Å²) in [4.78, 5) is 23.3. The van der Waals surface area contributed by atoms with Gasteiger partial charge >= 0.3 is 12.1 Å². The van der Waals surface area contributed by atoms with E-state index in [1.807, 2.05) is 60.7 Å². The predicted octanol–water partition coefficient (Wildman–Crippen LogP) is 4.19. The molecule has 27 heavy (non-hydrogen) atoms. The van der Waals surface area contributed by atoms with Crippen LogP contribution >= 0.6 is 0 Å². The molecule has 2 N–H and O–H groups in total. The SMILES string of the molecule is O=C(N[C@H](Cc1ccccc1)c1ccc(C(=O)O)o1)OCc1ccccc1. The van der Waals surface area contributed by atoms with Crippen molar-refractivity contribution in [2.75, 3.05) is 0 Å². The lowest BCUT2D eigenvalue weighted by molar-refractivity contribution is 0.0659. The number of amides is 1. The van der Waals surface area contributed by atoms with Crippen LogP contribution in [0.3, 0.4) is 0 Å². The summed E-state index contributed by atoms with van der Waals surface area (Å²) in [6.07, 6.45) is -0.165. The number of nitrogens with one attached hydrogen (secondary N) is 1. The third-order valence-electron chi connectivity index (χ3n) is 3.97. The fourth-order valence-electron chi connectivity index (χ4n) is 2.63. The van der Waals surface area contributed by atoms with Crippen LogP contribution in [0, 0.1) is 0 Å². The molecule has 0 spiro atoms. The van der Waals surface area contributed by atoms with Crippen molar-refractivity contribution in [2.45, 2.75) is 19.1 Å². The van der Waals surface area contributed by atoms with Crippen LogP contribution < -0.4 is 5.32 Å². The summed E-state index contributed by atoms with van der Waals surface area (Å²) in [5.74, 6) is -0.984. The molecular formula is C21H19NO5. The van der Waals surface area contributed by atoms with Gasteiger partial charge in [0.2, 0.25) is 5.76 Å². The molecule has 1 amide bonds. The van der Waals surface area contributed by atoms with Crippen LogP contribution in [0.4, 0.5) is 4.79 Å². The fraction of sp³-hybridized carbons (Fsp3) is 0.143. The highest BCUT2D eigenvalue weighted by Crippen LogP contribution is 2.21. The standard InChI is InChI=1S/C21H19NO5/c23-20(24)19-12-11-18(27-19)17(13-15-7-3-1-4-8-15)22-21(25)26-14-16-9-5-2-6-10-16/h1-12,17H,13-14H2,(H,22,25)(H,23,24)/t17-/m1/s1. The van der Waals surface area contributed by atoms with Crippen LogP contribution in [0.15, 0.2) is 77.2 Å². The molecule has 3 aromatic rings. The lowest BCUT2D eigenvalue weighted by Crippen LogP contribution is -2.30. The average molecular weight is 365 g/mol. The first-order chi connectivity index (χ1) is 13.1. The maximum atomic E-state index is 12.2. The number of alkyl carbamates (subject to hydrolysis) is 1. The number of carbonyl (C=O) groups excluding carboxylic acids is 1. The van der Waals surface area contributed by atoms with Crippen molar-refractivity contribution in [3.63, 3.8) is 0 Å². The van der Waals surface area contributed by atoms with Crippen LogP contribution in [0.5, 0.6) is 0 Å². The molecule has 6 heteroatoms. The van der Waals surface area contributed by atoms with E-state index in [-0.39, 0.29) is 12.4 Å². The number of furan rings is 1. The second-order valence-corrected chi connectivity index (χ2v) is 5.96. The Balaban J connectivity index is 1.70. The van der Waals surface area contributed by atoms with E-state index in [9.17, 15) is 9.59 Å². The van der Waals surface area contributed by atoms with Gasteiger partial charge in [-0.2, -0.15) is 0 Å². The van der Waals surface area contributed by atoms with E-state index >= 15 is 0 Å². The molecule has 3 rings (SSSR count). The lowest BCUT2D eigenvalue weighted by atomic mass is 10.0. The highest BCUT2D eigenvalue weighted by molar-refractivity contribution is 5.84. The van der Waals surface area contributed by atoms with E-state index in [0.717, 1.165) is 11.1 Å². The van der Waals surface area contributed by atoms with Gasteiger partial charge in [0.25, 0.3) is 0 Å².